The zero-order valence-electron chi connectivity index (χ0n) is 16.7. The lowest BCUT2D eigenvalue weighted by molar-refractivity contribution is -0.121. The summed E-state index contributed by atoms with van der Waals surface area (Å²) in [6.45, 7) is 0.286. The Hall–Kier alpha value is -3.78. The van der Waals surface area contributed by atoms with Crippen LogP contribution in [0.15, 0.2) is 65.6 Å². The molecule has 0 fully saturated rings. The van der Waals surface area contributed by atoms with E-state index in [1.165, 1.54) is 16.8 Å². The summed E-state index contributed by atoms with van der Waals surface area (Å²) in [5, 5.41) is 12.4. The van der Waals surface area contributed by atoms with E-state index in [2.05, 4.69) is 5.32 Å². The first-order valence-corrected chi connectivity index (χ1v) is 9.78. The molecule has 0 radical (unpaired) electrons. The number of nitrogens with one attached hydrogen (secondary N) is 1. The van der Waals surface area contributed by atoms with E-state index in [0.717, 1.165) is 11.1 Å². The molecule has 1 aromatic heterocycles. The minimum absolute atomic E-state index is 0.0670. The summed E-state index contributed by atoms with van der Waals surface area (Å²) in [6, 6.07) is 16.2. The molecule has 0 saturated heterocycles. The van der Waals surface area contributed by atoms with E-state index in [4.69, 9.17) is 14.2 Å². The molecule has 2 aromatic carbocycles. The summed E-state index contributed by atoms with van der Waals surface area (Å²) < 4.78 is 17.8. The summed E-state index contributed by atoms with van der Waals surface area (Å²) in [7, 11) is 0. The van der Waals surface area contributed by atoms with Gasteiger partial charge in [-0.25, -0.2) is 0 Å². The Morgan fingerprint density at radius 2 is 1.87 bits per heavy atom. The van der Waals surface area contributed by atoms with Crippen LogP contribution in [0, 0.1) is 0 Å². The number of rotatable bonds is 8. The quantitative estimate of drug-likeness (QED) is 0.576. The number of fused-ring (bicyclic) bond motifs is 1. The fourth-order valence-corrected chi connectivity index (χ4v) is 3.18. The van der Waals surface area contributed by atoms with E-state index in [1.54, 1.807) is 6.07 Å². The third kappa shape index (κ3) is 5.04. The molecule has 31 heavy (non-hydrogen) atoms. The van der Waals surface area contributed by atoms with Gasteiger partial charge >= 0.3 is 0 Å². The van der Waals surface area contributed by atoms with Gasteiger partial charge in [0.25, 0.3) is 0 Å². The maximum Gasteiger partial charge on any atom is 0.240 e. The summed E-state index contributed by atoms with van der Waals surface area (Å²) >= 11 is 0. The van der Waals surface area contributed by atoms with Crippen molar-refractivity contribution in [3.63, 3.8) is 0 Å². The van der Waals surface area contributed by atoms with Crippen LogP contribution in [0.4, 0.5) is 0 Å². The van der Waals surface area contributed by atoms with Crippen molar-refractivity contribution in [2.75, 3.05) is 6.79 Å². The molecule has 1 aliphatic rings. The molecule has 3 aromatic rings. The number of hydrogen-bond acceptors (Lipinski definition) is 6. The van der Waals surface area contributed by atoms with Gasteiger partial charge in [0.15, 0.2) is 17.2 Å². The summed E-state index contributed by atoms with van der Waals surface area (Å²) in [5.74, 6) is 1.17. The number of nitrogens with zero attached hydrogens (tertiary/aromatic N) is 1. The van der Waals surface area contributed by atoms with Crippen LogP contribution < -0.4 is 25.0 Å². The van der Waals surface area contributed by atoms with E-state index < -0.39 is 0 Å². The van der Waals surface area contributed by atoms with Gasteiger partial charge in [0.1, 0.15) is 13.2 Å². The number of aromatic nitrogens is 1. The molecule has 0 atom stereocenters. The molecule has 160 valence electrons. The molecule has 0 unspecified atom stereocenters. The second-order valence-corrected chi connectivity index (χ2v) is 7.02. The summed E-state index contributed by atoms with van der Waals surface area (Å²) in [4.78, 5) is 24.8. The molecule has 0 saturated carbocycles. The number of amides is 1. The Morgan fingerprint density at radius 1 is 1.06 bits per heavy atom. The largest absolute Gasteiger partial charge is 0.483 e. The lowest BCUT2D eigenvalue weighted by Gasteiger charge is -2.14. The molecule has 0 bridgehead atoms. The van der Waals surface area contributed by atoms with Gasteiger partial charge in [0.2, 0.25) is 18.1 Å². The minimum Gasteiger partial charge on any atom is -0.483 e. The third-order valence-electron chi connectivity index (χ3n) is 4.82. The minimum atomic E-state index is -0.371. The van der Waals surface area contributed by atoms with Gasteiger partial charge in [-0.05, 0) is 23.3 Å². The molecule has 0 spiro atoms. The number of carbonyl (C=O) groups excluding carboxylic acids is 1. The average molecular weight is 422 g/mol. The first-order chi connectivity index (χ1) is 15.1. The van der Waals surface area contributed by atoms with Crippen LogP contribution in [-0.2, 0) is 31.1 Å². The topological polar surface area (TPSA) is 99.0 Å². The molecule has 4 rings (SSSR count). The van der Waals surface area contributed by atoms with E-state index >= 15 is 0 Å². The average Bonchev–Trinajstić information content (AvgIpc) is 3.26. The molecule has 8 nitrogen and oxygen atoms in total. The van der Waals surface area contributed by atoms with E-state index in [1.807, 2.05) is 42.5 Å². The van der Waals surface area contributed by atoms with Crippen molar-refractivity contribution in [1.29, 1.82) is 0 Å². The molecular weight excluding hydrogens is 400 g/mol. The summed E-state index contributed by atoms with van der Waals surface area (Å²) in [5.41, 5.74) is 1.76. The number of hydrogen-bond donors (Lipinski definition) is 2. The van der Waals surface area contributed by atoms with Gasteiger partial charge in [0, 0.05) is 18.3 Å². The molecule has 2 heterocycles. The molecule has 2 N–H and O–H groups in total. The van der Waals surface area contributed by atoms with Crippen LogP contribution in [0.3, 0.4) is 0 Å². The zero-order chi connectivity index (χ0) is 21.6. The van der Waals surface area contributed by atoms with Gasteiger partial charge < -0.3 is 29.2 Å². The molecule has 1 amide bonds. The second kappa shape index (κ2) is 9.36. The van der Waals surface area contributed by atoms with Crippen molar-refractivity contribution in [1.82, 2.24) is 9.88 Å². The van der Waals surface area contributed by atoms with E-state index in [9.17, 15) is 14.7 Å². The Kier molecular flexibility index (Phi) is 6.18. The monoisotopic (exact) mass is 422 g/mol. The molecule has 0 aliphatic carbocycles. The highest BCUT2D eigenvalue weighted by Gasteiger charge is 2.14. The SMILES string of the molecule is O=C(Cn1cc(OCc2ccccc2)c(=O)cc1CO)NCc1ccc2c(c1)OCO2. The lowest BCUT2D eigenvalue weighted by Crippen LogP contribution is -2.29. The number of carbonyl (C=O) groups is 1. The fourth-order valence-electron chi connectivity index (χ4n) is 3.18. The Balaban J connectivity index is 1.41. The van der Waals surface area contributed by atoms with Crippen LogP contribution in [0.1, 0.15) is 16.8 Å². The maximum atomic E-state index is 12.5. The Morgan fingerprint density at radius 3 is 2.68 bits per heavy atom. The lowest BCUT2D eigenvalue weighted by atomic mass is 10.2. The van der Waals surface area contributed by atoms with Crippen LogP contribution in [-0.4, -0.2) is 22.4 Å². The standard InChI is InChI=1S/C23H22N2O6/c26-13-18-9-19(27)22(29-14-16-4-2-1-3-5-16)11-25(18)12-23(28)24-10-17-6-7-20-21(8-17)31-15-30-20/h1-9,11,26H,10,12-15H2,(H,24,28). The molecular formula is C23H22N2O6. The van der Waals surface area contributed by atoms with Crippen molar-refractivity contribution < 1.29 is 24.1 Å². The van der Waals surface area contributed by atoms with Crippen molar-refractivity contribution >= 4 is 5.91 Å². The van der Waals surface area contributed by atoms with Crippen molar-refractivity contribution in [2.24, 2.45) is 0 Å². The Labute approximate surface area is 178 Å². The predicted octanol–water partition coefficient (Wildman–Crippen LogP) is 1.96. The highest BCUT2D eigenvalue weighted by atomic mass is 16.7. The Bertz CT molecular complexity index is 1130. The third-order valence-corrected chi connectivity index (χ3v) is 4.82. The van der Waals surface area contributed by atoms with Crippen LogP contribution in [0.25, 0.3) is 0 Å². The number of aliphatic hydroxyl groups is 1. The number of aliphatic hydroxyl groups excluding tert-OH is 1. The first kappa shape index (κ1) is 20.5. The highest BCUT2D eigenvalue weighted by Crippen LogP contribution is 2.32. The normalized spacial score (nSPS) is 11.9. The van der Waals surface area contributed by atoms with E-state index in [-0.39, 0.29) is 43.6 Å². The van der Waals surface area contributed by atoms with Crippen LogP contribution in [0.2, 0.25) is 0 Å². The number of pyridine rings is 1. The maximum absolute atomic E-state index is 12.5. The first-order valence-electron chi connectivity index (χ1n) is 9.78. The zero-order valence-corrected chi connectivity index (χ0v) is 16.7. The van der Waals surface area contributed by atoms with Crippen molar-refractivity contribution in [2.45, 2.75) is 26.3 Å². The van der Waals surface area contributed by atoms with Gasteiger partial charge in [-0.1, -0.05) is 36.4 Å². The van der Waals surface area contributed by atoms with Crippen LogP contribution in [0.5, 0.6) is 17.2 Å². The van der Waals surface area contributed by atoms with Gasteiger partial charge in [-0.3, -0.25) is 9.59 Å². The summed E-state index contributed by atoms with van der Waals surface area (Å²) in [6.07, 6.45) is 1.46. The van der Waals surface area contributed by atoms with Crippen LogP contribution >= 0.6 is 0 Å². The number of benzene rings is 2. The van der Waals surface area contributed by atoms with Gasteiger partial charge in [0.05, 0.1) is 12.8 Å². The molecule has 8 heteroatoms. The smallest absolute Gasteiger partial charge is 0.240 e. The van der Waals surface area contributed by atoms with Gasteiger partial charge in [-0.15, -0.1) is 0 Å². The highest BCUT2D eigenvalue weighted by molar-refractivity contribution is 5.75. The van der Waals surface area contributed by atoms with E-state index in [0.29, 0.717) is 23.7 Å². The fraction of sp³-hybridized carbons (Fsp3) is 0.217. The van der Waals surface area contributed by atoms with Crippen molar-refractivity contribution in [3.05, 3.63) is 87.8 Å². The molecule has 1 aliphatic heterocycles. The number of ether oxygens (including phenoxy) is 3. The van der Waals surface area contributed by atoms with Crippen molar-refractivity contribution in [3.8, 4) is 17.2 Å². The predicted molar refractivity (Wildman–Crippen MR) is 112 cm³/mol. The van der Waals surface area contributed by atoms with Gasteiger partial charge in [-0.2, -0.15) is 0 Å². The second-order valence-electron chi connectivity index (χ2n) is 7.02.